The molecule has 2 saturated heterocycles. The van der Waals surface area contributed by atoms with E-state index < -0.39 is 10.0 Å². The quantitative estimate of drug-likeness (QED) is 0.606. The van der Waals surface area contributed by atoms with E-state index in [1.807, 2.05) is 26.8 Å². The Hall–Kier alpha value is -1.64. The van der Waals surface area contributed by atoms with Crippen LogP contribution in [0.15, 0.2) is 23.1 Å². The molecule has 196 valence electrons. The van der Waals surface area contributed by atoms with Gasteiger partial charge in [-0.05, 0) is 83.9 Å². The minimum absolute atomic E-state index is 0.0307. The van der Waals surface area contributed by atoms with Crippen LogP contribution in [-0.4, -0.2) is 62.6 Å². The van der Waals surface area contributed by atoms with Gasteiger partial charge in [0.2, 0.25) is 10.0 Å². The predicted molar refractivity (Wildman–Crippen MR) is 139 cm³/mol. The van der Waals surface area contributed by atoms with Gasteiger partial charge in [0.1, 0.15) is 4.90 Å². The fourth-order valence-corrected chi connectivity index (χ4v) is 7.37. The minimum atomic E-state index is -3.68. The summed E-state index contributed by atoms with van der Waals surface area (Å²) in [6.45, 7) is 8.91. The molecule has 7 nitrogen and oxygen atoms in total. The second-order valence-corrected chi connectivity index (χ2v) is 13.2. The average molecular weight is 506 g/mol. The first-order valence-electron chi connectivity index (χ1n) is 13.5. The molecule has 3 aliphatic rings. The Morgan fingerprint density at radius 2 is 1.54 bits per heavy atom. The Balaban J connectivity index is 1.61. The van der Waals surface area contributed by atoms with Crippen molar-refractivity contribution in [1.29, 1.82) is 0 Å². The lowest BCUT2D eigenvalue weighted by Gasteiger charge is -2.36. The summed E-state index contributed by atoms with van der Waals surface area (Å²) in [6.07, 6.45) is 10.0. The molecule has 2 aliphatic heterocycles. The lowest BCUT2D eigenvalue weighted by atomic mass is 9.91. The molecule has 0 aromatic heterocycles. The number of anilines is 1. The van der Waals surface area contributed by atoms with Crippen LogP contribution >= 0.6 is 0 Å². The normalized spacial score (nSPS) is 24.8. The summed E-state index contributed by atoms with van der Waals surface area (Å²) in [5, 5.41) is 3.18. The number of amides is 1. The van der Waals surface area contributed by atoms with E-state index in [0.717, 1.165) is 76.6 Å². The third-order valence-corrected chi connectivity index (χ3v) is 9.30. The van der Waals surface area contributed by atoms with Gasteiger partial charge in [0.25, 0.3) is 5.91 Å². The van der Waals surface area contributed by atoms with Gasteiger partial charge in [-0.25, -0.2) is 8.42 Å². The molecule has 1 N–H and O–H groups in total. The molecule has 1 saturated carbocycles. The molecule has 1 aromatic carbocycles. The summed E-state index contributed by atoms with van der Waals surface area (Å²) in [5.74, 6) is -0.223. The molecule has 2 heterocycles. The molecule has 1 aliphatic carbocycles. The molecule has 0 radical (unpaired) electrons. The van der Waals surface area contributed by atoms with E-state index in [1.54, 1.807) is 16.4 Å². The smallest absolute Gasteiger partial charge is 0.251 e. The number of nitrogens with zero attached hydrogens (tertiary/aromatic N) is 2. The van der Waals surface area contributed by atoms with Crippen molar-refractivity contribution >= 4 is 21.6 Å². The van der Waals surface area contributed by atoms with Gasteiger partial charge < -0.3 is 15.0 Å². The molecule has 0 spiro atoms. The van der Waals surface area contributed by atoms with Crippen molar-refractivity contribution in [1.82, 2.24) is 9.62 Å². The van der Waals surface area contributed by atoms with E-state index in [9.17, 15) is 13.2 Å². The molecule has 0 bridgehead atoms. The number of hydrogen-bond acceptors (Lipinski definition) is 5. The second-order valence-electron chi connectivity index (χ2n) is 11.3. The van der Waals surface area contributed by atoms with Gasteiger partial charge in [-0.3, -0.25) is 4.79 Å². The zero-order chi connectivity index (χ0) is 25.1. The van der Waals surface area contributed by atoms with Crippen molar-refractivity contribution in [3.8, 4) is 0 Å². The lowest BCUT2D eigenvalue weighted by molar-refractivity contribution is -0.0855. The first-order valence-corrected chi connectivity index (χ1v) is 15.0. The van der Waals surface area contributed by atoms with Gasteiger partial charge in [0.05, 0.1) is 23.4 Å². The van der Waals surface area contributed by atoms with E-state index in [2.05, 4.69) is 10.2 Å². The molecule has 2 atom stereocenters. The molecule has 1 amide bonds. The Bertz CT molecular complexity index is 977. The SMILES string of the molecule is CC(C)(C)O[C@@H]1CCCC[C@H]1NC(=O)c1ccc(N2CCCCC2)c(S(=O)(=O)N2CCCCC2)c1. The summed E-state index contributed by atoms with van der Waals surface area (Å²) < 4.78 is 35.4. The van der Waals surface area contributed by atoms with Crippen LogP contribution in [-0.2, 0) is 14.8 Å². The first-order chi connectivity index (χ1) is 16.6. The number of carbonyl (C=O) groups is 1. The highest BCUT2D eigenvalue weighted by Gasteiger charge is 2.33. The lowest BCUT2D eigenvalue weighted by Crippen LogP contribution is -2.48. The summed E-state index contributed by atoms with van der Waals surface area (Å²) in [6, 6.07) is 5.18. The van der Waals surface area contributed by atoms with Crippen LogP contribution in [0.3, 0.4) is 0 Å². The molecule has 3 fully saturated rings. The fourth-order valence-electron chi connectivity index (χ4n) is 5.61. The number of nitrogens with one attached hydrogen (secondary N) is 1. The zero-order valence-corrected chi connectivity index (χ0v) is 22.5. The average Bonchev–Trinajstić information content (AvgIpc) is 2.85. The zero-order valence-electron chi connectivity index (χ0n) is 21.7. The summed E-state index contributed by atoms with van der Waals surface area (Å²) >= 11 is 0. The fraction of sp³-hybridized carbons (Fsp3) is 0.741. The molecule has 35 heavy (non-hydrogen) atoms. The number of ether oxygens (including phenoxy) is 1. The third-order valence-electron chi connectivity index (χ3n) is 7.38. The number of rotatable bonds is 6. The van der Waals surface area contributed by atoms with Crippen molar-refractivity contribution < 1.29 is 17.9 Å². The summed E-state index contributed by atoms with van der Waals surface area (Å²) in [5.41, 5.74) is 0.858. The van der Waals surface area contributed by atoms with Crippen LogP contribution in [0, 0.1) is 0 Å². The summed E-state index contributed by atoms with van der Waals surface area (Å²) in [7, 11) is -3.68. The summed E-state index contributed by atoms with van der Waals surface area (Å²) in [4.78, 5) is 15.8. The standard InChI is InChI=1S/C27H43N3O4S/c1-27(2,3)34-24-13-7-6-12-22(24)28-26(31)21-14-15-23(29-16-8-4-9-17-29)25(20-21)35(32,33)30-18-10-5-11-19-30/h14-15,20,22,24H,4-13,16-19H2,1-3H3,(H,28,31)/t22-,24-/m1/s1. The van der Waals surface area contributed by atoms with Crippen molar-refractivity contribution in [2.24, 2.45) is 0 Å². The van der Waals surface area contributed by atoms with Crippen LogP contribution in [0.5, 0.6) is 0 Å². The monoisotopic (exact) mass is 505 g/mol. The van der Waals surface area contributed by atoms with Gasteiger partial charge in [0.15, 0.2) is 0 Å². The number of benzene rings is 1. The number of carbonyl (C=O) groups excluding carboxylic acids is 1. The van der Waals surface area contributed by atoms with Crippen molar-refractivity contribution in [2.45, 2.75) is 108 Å². The van der Waals surface area contributed by atoms with E-state index >= 15 is 0 Å². The second kappa shape index (κ2) is 11.2. The maximum atomic E-state index is 13.8. The van der Waals surface area contributed by atoms with E-state index in [4.69, 9.17) is 4.74 Å². The van der Waals surface area contributed by atoms with Gasteiger partial charge in [-0.2, -0.15) is 4.31 Å². The maximum Gasteiger partial charge on any atom is 0.251 e. The molecular formula is C27H43N3O4S. The first kappa shape index (κ1) is 26.4. The molecule has 4 rings (SSSR count). The van der Waals surface area contributed by atoms with Gasteiger partial charge in [-0.1, -0.05) is 19.3 Å². The molecule has 8 heteroatoms. The molecular weight excluding hydrogens is 462 g/mol. The number of hydrogen-bond donors (Lipinski definition) is 1. The Kier molecular flexibility index (Phi) is 8.44. The van der Waals surface area contributed by atoms with Gasteiger partial charge >= 0.3 is 0 Å². The topological polar surface area (TPSA) is 79.0 Å². The van der Waals surface area contributed by atoms with Crippen LogP contribution in [0.2, 0.25) is 0 Å². The Morgan fingerprint density at radius 1 is 0.914 bits per heavy atom. The number of sulfonamides is 1. The predicted octanol–water partition coefficient (Wildman–Crippen LogP) is 4.71. The van der Waals surface area contributed by atoms with Gasteiger partial charge in [-0.15, -0.1) is 0 Å². The van der Waals surface area contributed by atoms with E-state index in [-0.39, 0.29) is 28.5 Å². The van der Waals surface area contributed by atoms with Crippen molar-refractivity contribution in [3.63, 3.8) is 0 Å². The van der Waals surface area contributed by atoms with E-state index in [0.29, 0.717) is 18.7 Å². The minimum Gasteiger partial charge on any atom is -0.371 e. The third kappa shape index (κ3) is 6.57. The highest BCUT2D eigenvalue weighted by atomic mass is 32.2. The highest BCUT2D eigenvalue weighted by molar-refractivity contribution is 7.89. The Morgan fingerprint density at radius 3 is 2.20 bits per heavy atom. The van der Waals surface area contributed by atoms with Gasteiger partial charge in [0, 0.05) is 31.7 Å². The van der Waals surface area contributed by atoms with Crippen molar-refractivity contribution in [2.75, 3.05) is 31.1 Å². The number of piperidine rings is 2. The Labute approximate surface area is 211 Å². The molecule has 0 unspecified atom stereocenters. The highest BCUT2D eigenvalue weighted by Crippen LogP contribution is 2.33. The van der Waals surface area contributed by atoms with Crippen LogP contribution < -0.4 is 10.2 Å². The van der Waals surface area contributed by atoms with Crippen molar-refractivity contribution in [3.05, 3.63) is 23.8 Å². The molecule has 1 aromatic rings. The largest absolute Gasteiger partial charge is 0.371 e. The van der Waals surface area contributed by atoms with E-state index in [1.165, 1.54) is 6.42 Å². The van der Waals surface area contributed by atoms with Crippen LogP contribution in [0.25, 0.3) is 0 Å². The van der Waals surface area contributed by atoms with Crippen LogP contribution in [0.4, 0.5) is 5.69 Å². The van der Waals surface area contributed by atoms with Crippen LogP contribution in [0.1, 0.15) is 95.3 Å². The maximum absolute atomic E-state index is 13.8.